The number of benzene rings is 2. The molecule has 0 radical (unpaired) electrons. The maximum Gasteiger partial charge on any atom is 0.243 e. The number of terminal acetylenes is 1. The average molecular weight is 540 g/mol. The van der Waals surface area contributed by atoms with Gasteiger partial charge in [0.15, 0.2) is 0 Å². The first kappa shape index (κ1) is 29.5. The third kappa shape index (κ3) is 9.33. The Kier molecular flexibility index (Phi) is 13.0. The van der Waals surface area contributed by atoms with Gasteiger partial charge in [-0.3, -0.25) is 0 Å². The highest BCUT2D eigenvalue weighted by Gasteiger charge is 2.25. The van der Waals surface area contributed by atoms with E-state index >= 15 is 0 Å². The van der Waals surface area contributed by atoms with Crippen LogP contribution in [0, 0.1) is 12.3 Å². The quantitative estimate of drug-likeness (QED) is 0.231. The van der Waals surface area contributed by atoms with Crippen molar-refractivity contribution in [2.75, 3.05) is 32.8 Å². The Balaban J connectivity index is 0.00000432. The van der Waals surface area contributed by atoms with Crippen LogP contribution in [0.1, 0.15) is 50.5 Å². The van der Waals surface area contributed by atoms with Gasteiger partial charge >= 0.3 is 0 Å². The Morgan fingerprint density at radius 3 is 2.43 bits per heavy atom. The number of rotatable bonds is 13. The van der Waals surface area contributed by atoms with Gasteiger partial charge in [-0.1, -0.05) is 36.2 Å². The van der Waals surface area contributed by atoms with Crippen LogP contribution in [0.25, 0.3) is 0 Å². The van der Waals surface area contributed by atoms with Crippen molar-refractivity contribution in [1.29, 1.82) is 0 Å². The molecule has 0 unspecified atom stereocenters. The number of nitrogens with zero attached hydrogens (tertiary/aromatic N) is 2. The fraction of sp³-hybridized carbons (Fsp3) is 0.481. The number of halogens is 2. The molecular weight excluding hydrogens is 503 g/mol. The number of hydrogen-bond donors (Lipinski definition) is 0. The van der Waals surface area contributed by atoms with E-state index in [1.165, 1.54) is 36.7 Å². The molecule has 0 aliphatic carbocycles. The van der Waals surface area contributed by atoms with Crippen LogP contribution >= 0.6 is 24.0 Å². The molecule has 0 N–H and O–H groups in total. The number of hydrogen-bond acceptors (Lipinski definition) is 4. The highest BCUT2D eigenvalue weighted by Crippen LogP contribution is 2.25. The first-order chi connectivity index (χ1) is 16.5. The number of likely N-dealkylation sites (tertiary alicyclic amines) is 1. The van der Waals surface area contributed by atoms with E-state index in [1.807, 2.05) is 24.3 Å². The number of piperidine rings is 1. The molecule has 0 bridgehead atoms. The normalized spacial score (nSPS) is 14.3. The molecule has 0 saturated carbocycles. The van der Waals surface area contributed by atoms with Gasteiger partial charge in [0, 0.05) is 36.6 Å². The van der Waals surface area contributed by atoms with Gasteiger partial charge in [-0.15, -0.1) is 24.8 Å². The number of ether oxygens (including phenoxy) is 1. The molecule has 0 atom stereocenters. The van der Waals surface area contributed by atoms with E-state index in [-0.39, 0.29) is 23.8 Å². The van der Waals surface area contributed by atoms with E-state index in [2.05, 4.69) is 10.8 Å². The van der Waals surface area contributed by atoms with E-state index in [1.54, 1.807) is 24.3 Å². The maximum absolute atomic E-state index is 13.5. The van der Waals surface area contributed by atoms with Gasteiger partial charge in [0.1, 0.15) is 5.75 Å². The lowest BCUT2D eigenvalue weighted by Crippen LogP contribution is -2.32. The van der Waals surface area contributed by atoms with Crippen molar-refractivity contribution in [3.8, 4) is 18.1 Å². The van der Waals surface area contributed by atoms with Crippen LogP contribution in [0.4, 0.5) is 0 Å². The van der Waals surface area contributed by atoms with Crippen molar-refractivity contribution in [3.05, 3.63) is 59.1 Å². The molecule has 1 aliphatic heterocycles. The van der Waals surface area contributed by atoms with Gasteiger partial charge in [-0.25, -0.2) is 8.42 Å². The van der Waals surface area contributed by atoms with Crippen molar-refractivity contribution in [2.45, 2.75) is 56.4 Å². The zero-order valence-corrected chi connectivity index (χ0v) is 22.6. The van der Waals surface area contributed by atoms with E-state index in [9.17, 15) is 8.42 Å². The summed E-state index contributed by atoms with van der Waals surface area (Å²) < 4.78 is 34.5. The van der Waals surface area contributed by atoms with E-state index in [4.69, 9.17) is 22.8 Å². The highest BCUT2D eigenvalue weighted by molar-refractivity contribution is 7.89. The summed E-state index contributed by atoms with van der Waals surface area (Å²) in [6.07, 6.45) is 12.3. The second-order valence-electron chi connectivity index (χ2n) is 8.67. The summed E-state index contributed by atoms with van der Waals surface area (Å²) in [5.74, 6) is 3.36. The standard InChI is InChI=1S/C27H35ClN2O3S.ClH/c1-2-3-4-10-21-30(34(31,32)26-16-14-25(28)15-17-26)23-24-12-6-7-13-27(24)33-22-11-20-29-18-8-5-9-19-29;/h1,6-7,12-17H,3-5,8-11,18-23H2;1H. The fourth-order valence-electron chi connectivity index (χ4n) is 4.17. The summed E-state index contributed by atoms with van der Waals surface area (Å²) in [7, 11) is -3.70. The minimum absolute atomic E-state index is 0. The van der Waals surface area contributed by atoms with Gasteiger partial charge in [0.05, 0.1) is 11.5 Å². The topological polar surface area (TPSA) is 49.9 Å². The number of unbranched alkanes of at least 4 members (excludes halogenated alkanes) is 2. The molecule has 35 heavy (non-hydrogen) atoms. The Labute approximate surface area is 222 Å². The van der Waals surface area contributed by atoms with E-state index < -0.39 is 10.0 Å². The predicted octanol–water partition coefficient (Wildman–Crippen LogP) is 6.01. The summed E-state index contributed by atoms with van der Waals surface area (Å²) in [4.78, 5) is 2.73. The third-order valence-electron chi connectivity index (χ3n) is 6.07. The minimum Gasteiger partial charge on any atom is -0.493 e. The molecule has 0 spiro atoms. The van der Waals surface area contributed by atoms with Gasteiger partial charge in [-0.05, 0) is 75.5 Å². The Hall–Kier alpha value is -1.75. The molecule has 2 aromatic carbocycles. The smallest absolute Gasteiger partial charge is 0.243 e. The van der Waals surface area contributed by atoms with Crippen LogP contribution in [-0.2, 0) is 16.6 Å². The molecular formula is C27H36Cl2N2O3S. The third-order valence-corrected chi connectivity index (χ3v) is 8.19. The summed E-state index contributed by atoms with van der Waals surface area (Å²) in [6, 6.07) is 14.0. The molecule has 8 heteroatoms. The minimum atomic E-state index is -3.70. The predicted molar refractivity (Wildman–Crippen MR) is 146 cm³/mol. The Morgan fingerprint density at radius 2 is 1.71 bits per heavy atom. The Bertz CT molecular complexity index is 1030. The second-order valence-corrected chi connectivity index (χ2v) is 11.0. The van der Waals surface area contributed by atoms with Gasteiger partial charge in [0.2, 0.25) is 10.0 Å². The lowest BCUT2D eigenvalue weighted by Gasteiger charge is -2.26. The van der Waals surface area contributed by atoms with Crippen molar-refractivity contribution in [3.63, 3.8) is 0 Å². The molecule has 2 aromatic rings. The SMILES string of the molecule is C#CCCCCN(Cc1ccccc1OCCCN1CCCCC1)S(=O)(=O)c1ccc(Cl)cc1.Cl. The number of para-hydroxylation sites is 1. The highest BCUT2D eigenvalue weighted by atomic mass is 35.5. The first-order valence-corrected chi connectivity index (χ1v) is 13.9. The molecule has 3 rings (SSSR count). The van der Waals surface area contributed by atoms with E-state index in [0.29, 0.717) is 31.0 Å². The van der Waals surface area contributed by atoms with Crippen LogP contribution in [0.3, 0.4) is 0 Å². The molecule has 0 amide bonds. The average Bonchev–Trinajstić information content (AvgIpc) is 2.85. The fourth-order valence-corrected chi connectivity index (χ4v) is 5.76. The summed E-state index contributed by atoms with van der Waals surface area (Å²) in [5, 5.41) is 0.503. The molecule has 192 valence electrons. The van der Waals surface area contributed by atoms with Crippen LogP contribution in [0.2, 0.25) is 5.02 Å². The van der Waals surface area contributed by atoms with Crippen LogP contribution in [0.15, 0.2) is 53.4 Å². The monoisotopic (exact) mass is 538 g/mol. The largest absolute Gasteiger partial charge is 0.493 e. The molecule has 1 fully saturated rings. The van der Waals surface area contributed by atoms with Crippen molar-refractivity contribution >= 4 is 34.0 Å². The zero-order valence-electron chi connectivity index (χ0n) is 20.2. The molecule has 5 nitrogen and oxygen atoms in total. The van der Waals surface area contributed by atoms with Crippen LogP contribution in [-0.4, -0.2) is 50.4 Å². The summed E-state index contributed by atoms with van der Waals surface area (Å²) in [6.45, 7) is 4.62. The number of sulfonamides is 1. The first-order valence-electron chi connectivity index (χ1n) is 12.1. The zero-order chi connectivity index (χ0) is 24.2. The van der Waals surface area contributed by atoms with Crippen LogP contribution in [0.5, 0.6) is 5.75 Å². The molecule has 1 heterocycles. The Morgan fingerprint density at radius 1 is 1.00 bits per heavy atom. The van der Waals surface area contributed by atoms with Crippen LogP contribution < -0.4 is 4.74 Å². The lowest BCUT2D eigenvalue weighted by atomic mass is 10.1. The summed E-state index contributed by atoms with van der Waals surface area (Å²) >= 11 is 5.97. The summed E-state index contributed by atoms with van der Waals surface area (Å²) in [5.41, 5.74) is 0.856. The van der Waals surface area contributed by atoms with Gasteiger partial charge in [0.25, 0.3) is 0 Å². The lowest BCUT2D eigenvalue weighted by molar-refractivity contribution is 0.204. The second kappa shape index (κ2) is 15.4. The molecule has 0 aromatic heterocycles. The molecule has 1 aliphatic rings. The maximum atomic E-state index is 13.5. The van der Waals surface area contributed by atoms with Crippen molar-refractivity contribution < 1.29 is 13.2 Å². The van der Waals surface area contributed by atoms with Gasteiger partial charge in [-0.2, -0.15) is 4.31 Å². The molecule has 1 saturated heterocycles. The van der Waals surface area contributed by atoms with Crippen molar-refractivity contribution in [1.82, 2.24) is 9.21 Å². The van der Waals surface area contributed by atoms with Gasteiger partial charge < -0.3 is 9.64 Å². The van der Waals surface area contributed by atoms with E-state index in [0.717, 1.165) is 30.7 Å². The van der Waals surface area contributed by atoms with Crippen molar-refractivity contribution in [2.24, 2.45) is 0 Å².